The normalized spacial score (nSPS) is 14.5. The van der Waals surface area contributed by atoms with Gasteiger partial charge in [0.05, 0.1) is 6.61 Å². The first-order valence-electron chi connectivity index (χ1n) is 10.1. The summed E-state index contributed by atoms with van der Waals surface area (Å²) < 4.78 is 5.40. The molecular weight excluding hydrogens is 336 g/mol. The van der Waals surface area contributed by atoms with E-state index >= 15 is 0 Å². The lowest BCUT2D eigenvalue weighted by Gasteiger charge is -2.22. The average molecular weight is 367 g/mol. The quantitative estimate of drug-likeness (QED) is 0.788. The van der Waals surface area contributed by atoms with Crippen molar-refractivity contribution in [3.63, 3.8) is 0 Å². The number of carbonyl (C=O) groups excluding carboxylic acids is 1. The summed E-state index contributed by atoms with van der Waals surface area (Å²) in [6.07, 6.45) is 6.12. The van der Waals surface area contributed by atoms with Gasteiger partial charge >= 0.3 is 0 Å². The minimum atomic E-state index is -0.0424. The van der Waals surface area contributed by atoms with Crippen LogP contribution in [0.3, 0.4) is 0 Å². The highest BCUT2D eigenvalue weighted by Gasteiger charge is 2.10. The van der Waals surface area contributed by atoms with Gasteiger partial charge in [0.2, 0.25) is 0 Å². The predicted molar refractivity (Wildman–Crippen MR) is 111 cm³/mol. The van der Waals surface area contributed by atoms with Crippen molar-refractivity contribution >= 4 is 11.6 Å². The maximum atomic E-state index is 12.2. The summed E-state index contributed by atoms with van der Waals surface area (Å²) in [4.78, 5) is 14.7. The Balaban J connectivity index is 1.46. The Bertz CT molecular complexity index is 702. The van der Waals surface area contributed by atoms with Crippen molar-refractivity contribution in [1.29, 1.82) is 0 Å². The molecule has 0 radical (unpaired) electrons. The molecule has 0 bridgehead atoms. The van der Waals surface area contributed by atoms with Crippen molar-refractivity contribution in [3.8, 4) is 5.75 Å². The molecule has 0 spiro atoms. The molecule has 1 aliphatic heterocycles. The lowest BCUT2D eigenvalue weighted by molar-refractivity contribution is 0.0954. The van der Waals surface area contributed by atoms with Gasteiger partial charge in [-0.15, -0.1) is 0 Å². The van der Waals surface area contributed by atoms with Gasteiger partial charge in [0, 0.05) is 30.9 Å². The second kappa shape index (κ2) is 10.0. The molecular formula is C23H30N2O2. The van der Waals surface area contributed by atoms with Crippen LogP contribution in [0, 0.1) is 0 Å². The van der Waals surface area contributed by atoms with Gasteiger partial charge < -0.3 is 15.0 Å². The van der Waals surface area contributed by atoms with Crippen molar-refractivity contribution in [3.05, 3.63) is 59.7 Å². The van der Waals surface area contributed by atoms with Crippen LogP contribution >= 0.6 is 0 Å². The largest absolute Gasteiger partial charge is 0.494 e. The molecule has 1 saturated heterocycles. The van der Waals surface area contributed by atoms with E-state index in [-0.39, 0.29) is 5.91 Å². The number of amides is 1. The molecule has 1 fully saturated rings. The van der Waals surface area contributed by atoms with E-state index in [9.17, 15) is 4.79 Å². The van der Waals surface area contributed by atoms with E-state index in [0.29, 0.717) is 18.7 Å². The van der Waals surface area contributed by atoms with E-state index < -0.39 is 0 Å². The molecule has 1 amide bonds. The number of carbonyl (C=O) groups is 1. The molecule has 0 aromatic heterocycles. The van der Waals surface area contributed by atoms with Gasteiger partial charge in [0.25, 0.3) is 5.91 Å². The molecule has 1 N–H and O–H groups in total. The van der Waals surface area contributed by atoms with Crippen LogP contribution < -0.4 is 15.0 Å². The van der Waals surface area contributed by atoms with Crippen molar-refractivity contribution < 1.29 is 9.53 Å². The summed E-state index contributed by atoms with van der Waals surface area (Å²) in [6, 6.07) is 16.1. The summed E-state index contributed by atoms with van der Waals surface area (Å²) >= 11 is 0. The molecule has 0 saturated carbocycles. The molecule has 0 aliphatic carbocycles. The Morgan fingerprint density at radius 3 is 2.26 bits per heavy atom. The molecule has 1 aliphatic rings. The van der Waals surface area contributed by atoms with Gasteiger partial charge in [-0.1, -0.05) is 25.0 Å². The molecule has 0 unspecified atom stereocenters. The first-order valence-corrected chi connectivity index (χ1v) is 10.1. The van der Waals surface area contributed by atoms with E-state index in [1.807, 2.05) is 19.1 Å². The fraction of sp³-hybridized carbons (Fsp3) is 0.435. The van der Waals surface area contributed by atoms with Gasteiger partial charge in [-0.3, -0.25) is 4.79 Å². The molecule has 1 heterocycles. The number of nitrogens with one attached hydrogen (secondary N) is 1. The molecule has 4 nitrogen and oxygen atoms in total. The van der Waals surface area contributed by atoms with Gasteiger partial charge in [-0.2, -0.15) is 0 Å². The summed E-state index contributed by atoms with van der Waals surface area (Å²) in [5.41, 5.74) is 3.23. The Hall–Kier alpha value is -2.49. The summed E-state index contributed by atoms with van der Waals surface area (Å²) in [6.45, 7) is 5.53. The highest BCUT2D eigenvalue weighted by Crippen LogP contribution is 2.20. The van der Waals surface area contributed by atoms with Crippen LogP contribution in [-0.4, -0.2) is 32.1 Å². The Labute approximate surface area is 162 Å². The molecule has 27 heavy (non-hydrogen) atoms. The number of nitrogens with zero attached hydrogens (tertiary/aromatic N) is 1. The second-order valence-corrected chi connectivity index (χ2v) is 7.03. The van der Waals surface area contributed by atoms with E-state index in [1.54, 1.807) is 12.1 Å². The molecule has 144 valence electrons. The lowest BCUT2D eigenvalue weighted by Crippen LogP contribution is -2.25. The predicted octanol–water partition coefficient (Wildman–Crippen LogP) is 4.44. The van der Waals surface area contributed by atoms with Crippen LogP contribution in [0.2, 0.25) is 0 Å². The molecule has 4 heteroatoms. The molecule has 2 aromatic carbocycles. The van der Waals surface area contributed by atoms with E-state index in [0.717, 1.165) is 25.3 Å². The van der Waals surface area contributed by atoms with E-state index in [4.69, 9.17) is 4.74 Å². The average Bonchev–Trinajstić information content (AvgIpc) is 2.99. The van der Waals surface area contributed by atoms with Crippen LogP contribution in [0.4, 0.5) is 5.69 Å². The minimum Gasteiger partial charge on any atom is -0.494 e. The first kappa shape index (κ1) is 19.3. The third-order valence-electron chi connectivity index (χ3n) is 5.03. The number of hydrogen-bond acceptors (Lipinski definition) is 3. The Morgan fingerprint density at radius 2 is 1.63 bits per heavy atom. The summed E-state index contributed by atoms with van der Waals surface area (Å²) in [5, 5.41) is 2.99. The minimum absolute atomic E-state index is 0.0424. The van der Waals surface area contributed by atoms with Crippen LogP contribution in [-0.2, 0) is 6.42 Å². The lowest BCUT2D eigenvalue weighted by atomic mass is 10.1. The molecule has 3 rings (SSSR count). The van der Waals surface area contributed by atoms with Crippen LogP contribution in [0.25, 0.3) is 0 Å². The van der Waals surface area contributed by atoms with Crippen molar-refractivity contribution in [2.24, 2.45) is 0 Å². The van der Waals surface area contributed by atoms with Crippen LogP contribution in [0.15, 0.2) is 48.5 Å². The fourth-order valence-electron chi connectivity index (χ4n) is 3.49. The number of hydrogen-bond donors (Lipinski definition) is 1. The maximum absolute atomic E-state index is 12.2. The van der Waals surface area contributed by atoms with Gasteiger partial charge in [0.15, 0.2) is 0 Å². The van der Waals surface area contributed by atoms with Gasteiger partial charge in [0.1, 0.15) is 5.75 Å². The summed E-state index contributed by atoms with van der Waals surface area (Å²) in [5.74, 6) is 0.748. The van der Waals surface area contributed by atoms with Crippen molar-refractivity contribution in [1.82, 2.24) is 5.32 Å². The monoisotopic (exact) mass is 366 g/mol. The van der Waals surface area contributed by atoms with Gasteiger partial charge in [-0.25, -0.2) is 0 Å². The second-order valence-electron chi connectivity index (χ2n) is 7.03. The third kappa shape index (κ3) is 5.75. The standard InChI is InChI=1S/C23H30N2O2/c1-2-27-22-13-9-20(10-14-22)23(26)24-16-15-19-7-11-21(12-8-19)25-17-5-3-4-6-18-25/h7-14H,2-6,15-18H2,1H3,(H,24,26). The topological polar surface area (TPSA) is 41.6 Å². The smallest absolute Gasteiger partial charge is 0.251 e. The summed E-state index contributed by atoms with van der Waals surface area (Å²) in [7, 11) is 0. The van der Waals surface area contributed by atoms with Crippen molar-refractivity contribution in [2.75, 3.05) is 31.1 Å². The number of rotatable bonds is 7. The number of benzene rings is 2. The zero-order valence-corrected chi connectivity index (χ0v) is 16.2. The molecule has 2 aromatic rings. The van der Waals surface area contributed by atoms with Gasteiger partial charge in [-0.05, 0) is 68.1 Å². The zero-order chi connectivity index (χ0) is 18.9. The van der Waals surface area contributed by atoms with E-state index in [1.165, 1.54) is 36.9 Å². The fourth-order valence-corrected chi connectivity index (χ4v) is 3.49. The highest BCUT2D eigenvalue weighted by atomic mass is 16.5. The van der Waals surface area contributed by atoms with Crippen LogP contribution in [0.5, 0.6) is 5.75 Å². The first-order chi connectivity index (χ1) is 13.3. The number of ether oxygens (including phenoxy) is 1. The SMILES string of the molecule is CCOc1ccc(C(=O)NCCc2ccc(N3CCCCCC3)cc2)cc1. The number of anilines is 1. The Kier molecular flexibility index (Phi) is 7.14. The van der Waals surface area contributed by atoms with Crippen molar-refractivity contribution in [2.45, 2.75) is 39.0 Å². The highest BCUT2D eigenvalue weighted by molar-refractivity contribution is 5.94. The zero-order valence-electron chi connectivity index (χ0n) is 16.2. The van der Waals surface area contributed by atoms with Crippen LogP contribution in [0.1, 0.15) is 48.5 Å². The van der Waals surface area contributed by atoms with E-state index in [2.05, 4.69) is 34.5 Å². The maximum Gasteiger partial charge on any atom is 0.251 e. The Morgan fingerprint density at radius 1 is 0.963 bits per heavy atom. The third-order valence-corrected chi connectivity index (χ3v) is 5.03. The molecule has 0 atom stereocenters.